The van der Waals surface area contributed by atoms with Gasteiger partial charge in [-0.3, -0.25) is 14.6 Å². The molecule has 0 aromatic heterocycles. The molecule has 0 spiro atoms. The summed E-state index contributed by atoms with van der Waals surface area (Å²) in [5.74, 6) is -4.58. The van der Waals surface area contributed by atoms with Crippen molar-refractivity contribution in [1.29, 1.82) is 0 Å². The molecular formula is C16H16BrClF2N4O2. The molecule has 2 atom stereocenters. The summed E-state index contributed by atoms with van der Waals surface area (Å²) in [5, 5.41) is 7.91. The first-order valence-corrected chi connectivity index (χ1v) is 8.62. The van der Waals surface area contributed by atoms with E-state index in [9.17, 15) is 18.4 Å². The molecule has 0 radical (unpaired) electrons. The van der Waals surface area contributed by atoms with Gasteiger partial charge in [-0.2, -0.15) is 5.10 Å². The molecule has 0 saturated carbocycles. The number of hydrogen-bond donors (Lipinski definition) is 1. The minimum Gasteiger partial charge on any atom is -0.344 e. The van der Waals surface area contributed by atoms with Gasteiger partial charge in [-0.05, 0) is 28.1 Å². The average molecular weight is 450 g/mol. The Morgan fingerprint density at radius 1 is 1.50 bits per heavy atom. The summed E-state index contributed by atoms with van der Waals surface area (Å²) >= 11 is 9.02. The Morgan fingerprint density at radius 3 is 2.73 bits per heavy atom. The van der Waals surface area contributed by atoms with Crippen LogP contribution in [0.4, 0.5) is 14.5 Å². The summed E-state index contributed by atoms with van der Waals surface area (Å²) in [5.41, 5.74) is -0.211. The van der Waals surface area contributed by atoms with Gasteiger partial charge in [-0.25, -0.2) is 8.78 Å². The molecule has 2 amide bonds. The molecule has 1 aliphatic heterocycles. The Bertz CT molecular complexity index is 790. The zero-order valence-corrected chi connectivity index (χ0v) is 16.3. The Hall–Kier alpha value is -2.00. The quantitative estimate of drug-likeness (QED) is 0.325. The number of carbonyl (C=O) groups excluding carboxylic acids is 2. The molecule has 10 heteroatoms. The van der Waals surface area contributed by atoms with Crippen LogP contribution < -0.4 is 5.32 Å². The van der Waals surface area contributed by atoms with E-state index < -0.39 is 35.3 Å². The minimum atomic E-state index is -1.13. The second-order valence-electron chi connectivity index (χ2n) is 5.74. The maximum absolute atomic E-state index is 13.8. The number of hydrazone groups is 1. The van der Waals surface area contributed by atoms with Crippen LogP contribution in [-0.4, -0.2) is 47.0 Å². The van der Waals surface area contributed by atoms with Crippen LogP contribution in [0.1, 0.15) is 0 Å². The molecule has 1 fully saturated rings. The third kappa shape index (κ3) is 4.39. The van der Waals surface area contributed by atoms with Crippen LogP contribution >= 0.6 is 27.5 Å². The van der Waals surface area contributed by atoms with Crippen molar-refractivity contribution in [2.24, 2.45) is 16.9 Å². The number of likely N-dealkylation sites (tertiary alicyclic amines) is 1. The van der Waals surface area contributed by atoms with E-state index in [1.807, 2.05) is 0 Å². The maximum atomic E-state index is 13.8. The van der Waals surface area contributed by atoms with Crippen LogP contribution in [-0.2, 0) is 9.59 Å². The molecule has 1 saturated heterocycles. The minimum absolute atomic E-state index is 0.147. The van der Waals surface area contributed by atoms with Crippen molar-refractivity contribution >= 4 is 49.7 Å². The first-order valence-electron chi connectivity index (χ1n) is 7.44. The SMILES string of the molecule is C=C(Cl)N(C)/N=C(\Br)[C@H]1CN(C)C(=O)[C@@H]1C(=O)Nc1ccc(F)cc1F. The number of amides is 2. The first-order chi connectivity index (χ1) is 12.1. The van der Waals surface area contributed by atoms with E-state index in [1.54, 1.807) is 14.1 Å². The second kappa shape index (κ2) is 8.13. The van der Waals surface area contributed by atoms with Crippen molar-refractivity contribution in [2.75, 3.05) is 26.0 Å². The lowest BCUT2D eigenvalue weighted by Gasteiger charge is -2.18. The van der Waals surface area contributed by atoms with E-state index in [2.05, 4.69) is 32.9 Å². The molecule has 1 N–H and O–H groups in total. The zero-order valence-electron chi connectivity index (χ0n) is 14.0. The summed E-state index contributed by atoms with van der Waals surface area (Å²) in [4.78, 5) is 26.4. The van der Waals surface area contributed by atoms with Crippen molar-refractivity contribution in [3.05, 3.63) is 41.6 Å². The Labute approximate surface area is 162 Å². The number of benzene rings is 1. The van der Waals surface area contributed by atoms with Gasteiger partial charge >= 0.3 is 0 Å². The molecular weight excluding hydrogens is 434 g/mol. The van der Waals surface area contributed by atoms with E-state index in [-0.39, 0.29) is 17.4 Å². The van der Waals surface area contributed by atoms with Crippen LogP contribution in [0.5, 0.6) is 0 Å². The molecule has 0 unspecified atom stereocenters. The van der Waals surface area contributed by atoms with E-state index >= 15 is 0 Å². The largest absolute Gasteiger partial charge is 0.344 e. The molecule has 1 aromatic carbocycles. The number of hydrogen-bond acceptors (Lipinski definition) is 4. The Kier molecular flexibility index (Phi) is 6.35. The summed E-state index contributed by atoms with van der Waals surface area (Å²) in [7, 11) is 3.10. The van der Waals surface area contributed by atoms with Gasteiger partial charge in [0.25, 0.3) is 0 Å². The number of rotatable bonds is 5. The Balaban J connectivity index is 2.26. The number of halogens is 4. The van der Waals surface area contributed by atoms with Gasteiger partial charge in [0.15, 0.2) is 0 Å². The van der Waals surface area contributed by atoms with Crippen LogP contribution in [0.3, 0.4) is 0 Å². The highest BCUT2D eigenvalue weighted by Crippen LogP contribution is 2.29. The van der Waals surface area contributed by atoms with Crippen LogP contribution in [0.2, 0.25) is 0 Å². The van der Waals surface area contributed by atoms with Gasteiger partial charge in [0.1, 0.15) is 27.3 Å². The standard InChI is InChI=1S/C16H16BrClF2N4O2/c1-8(18)24(3)22-14(17)10-7-23(2)16(26)13(10)15(25)21-12-5-4-9(19)6-11(12)20/h4-6,10,13H,1,7H2,2-3H3,(H,21,25)/b22-14-/t10-,13-/m0/s1. The van der Waals surface area contributed by atoms with Crippen molar-refractivity contribution in [3.8, 4) is 0 Å². The lowest BCUT2D eigenvalue weighted by molar-refractivity contribution is -0.135. The highest BCUT2D eigenvalue weighted by molar-refractivity contribution is 9.18. The third-order valence-electron chi connectivity index (χ3n) is 3.89. The third-order valence-corrected chi connectivity index (χ3v) is 4.88. The molecule has 1 aromatic rings. The van der Waals surface area contributed by atoms with E-state index in [4.69, 9.17) is 11.6 Å². The van der Waals surface area contributed by atoms with Crippen molar-refractivity contribution in [3.63, 3.8) is 0 Å². The fourth-order valence-corrected chi connectivity index (χ4v) is 3.17. The van der Waals surface area contributed by atoms with Crippen LogP contribution in [0.25, 0.3) is 0 Å². The van der Waals surface area contributed by atoms with Gasteiger partial charge in [-0.15, -0.1) is 0 Å². The van der Waals surface area contributed by atoms with Gasteiger partial charge < -0.3 is 10.2 Å². The fraction of sp³-hybridized carbons (Fsp3) is 0.312. The van der Waals surface area contributed by atoms with Crippen molar-refractivity contribution in [1.82, 2.24) is 9.91 Å². The van der Waals surface area contributed by atoms with Gasteiger partial charge in [-0.1, -0.05) is 18.2 Å². The number of nitrogens with one attached hydrogen (secondary N) is 1. The average Bonchev–Trinajstić information content (AvgIpc) is 2.85. The van der Waals surface area contributed by atoms with Gasteiger partial charge in [0.05, 0.1) is 5.69 Å². The smallest absolute Gasteiger partial charge is 0.237 e. The molecule has 140 valence electrons. The predicted octanol–water partition coefficient (Wildman–Crippen LogP) is 2.96. The Morgan fingerprint density at radius 2 is 2.15 bits per heavy atom. The summed E-state index contributed by atoms with van der Waals surface area (Å²) in [6, 6.07) is 2.75. The van der Waals surface area contributed by atoms with Crippen molar-refractivity contribution in [2.45, 2.75) is 0 Å². The molecule has 1 heterocycles. The molecule has 1 aliphatic rings. The topological polar surface area (TPSA) is 65.0 Å². The second-order valence-corrected chi connectivity index (χ2v) is 6.99. The number of nitrogens with zero attached hydrogens (tertiary/aromatic N) is 3. The lowest BCUT2D eigenvalue weighted by Crippen LogP contribution is -2.35. The van der Waals surface area contributed by atoms with Gasteiger partial charge in [0.2, 0.25) is 11.8 Å². The van der Waals surface area contributed by atoms with Gasteiger partial charge in [0, 0.05) is 32.6 Å². The summed E-state index contributed by atoms with van der Waals surface area (Å²) in [6.45, 7) is 3.76. The van der Waals surface area contributed by atoms with Crippen molar-refractivity contribution < 1.29 is 18.4 Å². The first kappa shape index (κ1) is 20.3. The normalized spacial score (nSPS) is 20.3. The fourth-order valence-electron chi connectivity index (χ4n) is 2.48. The van der Waals surface area contributed by atoms with E-state index in [0.29, 0.717) is 10.7 Å². The summed E-state index contributed by atoms with van der Waals surface area (Å²) in [6.07, 6.45) is 0. The van der Waals surface area contributed by atoms with E-state index in [1.165, 1.54) is 9.91 Å². The predicted molar refractivity (Wildman–Crippen MR) is 98.7 cm³/mol. The highest BCUT2D eigenvalue weighted by Gasteiger charge is 2.45. The zero-order chi connectivity index (χ0) is 19.6. The molecule has 0 bridgehead atoms. The molecule has 2 rings (SSSR count). The molecule has 6 nitrogen and oxygen atoms in total. The summed E-state index contributed by atoms with van der Waals surface area (Å²) < 4.78 is 27.1. The molecule has 26 heavy (non-hydrogen) atoms. The van der Waals surface area contributed by atoms with Crippen LogP contribution in [0.15, 0.2) is 35.0 Å². The maximum Gasteiger partial charge on any atom is 0.237 e. The number of anilines is 1. The monoisotopic (exact) mass is 448 g/mol. The lowest BCUT2D eigenvalue weighted by atomic mass is 9.95. The van der Waals surface area contributed by atoms with E-state index in [0.717, 1.165) is 12.1 Å². The molecule has 0 aliphatic carbocycles. The number of carbonyl (C=O) groups is 2. The van der Waals surface area contributed by atoms with Crippen LogP contribution in [0, 0.1) is 23.5 Å². The highest BCUT2D eigenvalue weighted by atomic mass is 79.9.